The zero-order valence-corrected chi connectivity index (χ0v) is 17.6. The number of aryl methyl sites for hydroxylation is 1. The van der Waals surface area contributed by atoms with Gasteiger partial charge in [0.05, 0.1) is 28.8 Å². The largest absolute Gasteiger partial charge is 0.496 e. The van der Waals surface area contributed by atoms with Crippen LogP contribution in [0.15, 0.2) is 53.4 Å². The Morgan fingerprint density at radius 2 is 1.75 bits per heavy atom. The average Bonchev–Trinajstić information content (AvgIpc) is 3.02. The van der Waals surface area contributed by atoms with Crippen LogP contribution in [-0.2, 0) is 32.6 Å². The highest BCUT2D eigenvalue weighted by Crippen LogP contribution is 2.27. The van der Waals surface area contributed by atoms with Crippen molar-refractivity contribution in [3.8, 4) is 5.75 Å². The molecule has 0 amide bonds. The van der Waals surface area contributed by atoms with Gasteiger partial charge in [0.1, 0.15) is 5.75 Å². The maximum atomic E-state index is 13.1. The molecule has 0 unspecified atom stereocenters. The van der Waals surface area contributed by atoms with Gasteiger partial charge in [0.2, 0.25) is 0 Å². The normalized spacial score (nSPS) is 21.5. The first-order valence-electron chi connectivity index (χ1n) is 9.15. The molecule has 1 aliphatic heterocycles. The number of hydrogen-bond donors (Lipinski definition) is 1. The Balaban J connectivity index is 1.85. The van der Waals surface area contributed by atoms with Gasteiger partial charge in [-0.15, -0.1) is 0 Å². The van der Waals surface area contributed by atoms with Crippen LogP contribution in [-0.4, -0.2) is 46.7 Å². The summed E-state index contributed by atoms with van der Waals surface area (Å²) < 4.78 is 56.1. The van der Waals surface area contributed by atoms with Crippen LogP contribution < -0.4 is 10.1 Å². The third-order valence-electron chi connectivity index (χ3n) is 5.11. The zero-order valence-electron chi connectivity index (χ0n) is 16.0. The Morgan fingerprint density at radius 3 is 2.39 bits per heavy atom. The van der Waals surface area contributed by atoms with Crippen molar-refractivity contribution >= 4 is 19.7 Å². The fraction of sp³-hybridized carbons (Fsp3) is 0.400. The minimum absolute atomic E-state index is 0.163. The summed E-state index contributed by atoms with van der Waals surface area (Å²) in [6.45, 7) is 2.32. The number of rotatable bonds is 7. The summed E-state index contributed by atoms with van der Waals surface area (Å²) in [6.07, 6.45) is 0.807. The molecule has 0 saturated carbocycles. The molecule has 1 aliphatic rings. The van der Waals surface area contributed by atoms with Gasteiger partial charge in [-0.1, -0.05) is 37.3 Å². The monoisotopic (exact) mass is 423 g/mol. The second-order valence-electron chi connectivity index (χ2n) is 6.96. The summed E-state index contributed by atoms with van der Waals surface area (Å²) in [6, 6.07) is 13.4. The molecule has 2 aromatic rings. The molecule has 2 aromatic carbocycles. The van der Waals surface area contributed by atoms with Crippen LogP contribution in [0.1, 0.15) is 18.1 Å². The minimum Gasteiger partial charge on any atom is -0.496 e. The van der Waals surface area contributed by atoms with Crippen molar-refractivity contribution in [3.63, 3.8) is 0 Å². The van der Waals surface area contributed by atoms with E-state index in [9.17, 15) is 16.8 Å². The van der Waals surface area contributed by atoms with Crippen molar-refractivity contribution in [3.05, 3.63) is 59.7 Å². The second-order valence-corrected chi connectivity index (χ2v) is 11.3. The van der Waals surface area contributed by atoms with Gasteiger partial charge in [-0.2, -0.15) is 0 Å². The highest BCUT2D eigenvalue weighted by Gasteiger charge is 2.45. The summed E-state index contributed by atoms with van der Waals surface area (Å²) in [5, 5.41) is 2.12. The second kappa shape index (κ2) is 8.23. The Bertz CT molecular complexity index is 1030. The standard InChI is InChI=1S/C20H25NO5S2/c1-3-15-8-10-17(11-9-15)28(24,25)20-14-27(22,23)13-18(20)21-12-16-6-4-5-7-19(16)26-2/h4-11,18,20-21H,3,12-14H2,1-2H3/t18-,20-/m0/s1. The number of hydrogen-bond acceptors (Lipinski definition) is 6. The van der Waals surface area contributed by atoms with E-state index in [0.29, 0.717) is 12.3 Å². The molecular formula is C20H25NO5S2. The average molecular weight is 424 g/mol. The van der Waals surface area contributed by atoms with Gasteiger partial charge < -0.3 is 10.1 Å². The molecule has 8 heteroatoms. The van der Waals surface area contributed by atoms with Gasteiger partial charge >= 0.3 is 0 Å². The van der Waals surface area contributed by atoms with Crippen molar-refractivity contribution in [2.24, 2.45) is 0 Å². The van der Waals surface area contributed by atoms with Crippen LogP contribution in [0.3, 0.4) is 0 Å². The third kappa shape index (κ3) is 4.39. The molecule has 2 atom stereocenters. The number of para-hydroxylation sites is 1. The number of sulfone groups is 2. The van der Waals surface area contributed by atoms with E-state index in [-0.39, 0.29) is 16.4 Å². The van der Waals surface area contributed by atoms with Crippen molar-refractivity contribution in [2.45, 2.75) is 36.1 Å². The topological polar surface area (TPSA) is 89.5 Å². The molecule has 0 aliphatic carbocycles. The van der Waals surface area contributed by atoms with Crippen LogP contribution in [0, 0.1) is 0 Å². The van der Waals surface area contributed by atoms with E-state index in [1.54, 1.807) is 31.4 Å². The lowest BCUT2D eigenvalue weighted by Gasteiger charge is -2.21. The van der Waals surface area contributed by atoms with Gasteiger partial charge in [0.25, 0.3) is 0 Å². The van der Waals surface area contributed by atoms with Crippen molar-refractivity contribution < 1.29 is 21.6 Å². The predicted octanol–water partition coefficient (Wildman–Crippen LogP) is 1.99. The quantitative estimate of drug-likeness (QED) is 0.733. The van der Waals surface area contributed by atoms with Crippen LogP contribution in [0.5, 0.6) is 5.75 Å². The maximum Gasteiger partial charge on any atom is 0.183 e. The van der Waals surface area contributed by atoms with Gasteiger partial charge in [-0.05, 0) is 30.2 Å². The lowest BCUT2D eigenvalue weighted by molar-refractivity contribution is 0.406. The summed E-state index contributed by atoms with van der Waals surface area (Å²) in [5.41, 5.74) is 1.88. The van der Waals surface area contributed by atoms with Gasteiger partial charge in [0, 0.05) is 18.2 Å². The van der Waals surface area contributed by atoms with Crippen LogP contribution >= 0.6 is 0 Å². The highest BCUT2D eigenvalue weighted by molar-refractivity contribution is 7.96. The lowest BCUT2D eigenvalue weighted by Crippen LogP contribution is -2.43. The van der Waals surface area contributed by atoms with Gasteiger partial charge in [-0.3, -0.25) is 0 Å². The zero-order chi connectivity index (χ0) is 20.4. The summed E-state index contributed by atoms with van der Waals surface area (Å²) in [5.74, 6) is 0.110. The molecule has 1 heterocycles. The molecule has 1 saturated heterocycles. The first kappa shape index (κ1) is 20.8. The van der Waals surface area contributed by atoms with Crippen molar-refractivity contribution in [2.75, 3.05) is 18.6 Å². The SMILES string of the molecule is CCc1ccc(S(=O)(=O)[C@H]2CS(=O)(=O)C[C@@H]2NCc2ccccc2OC)cc1. The number of benzene rings is 2. The number of methoxy groups -OCH3 is 1. The van der Waals surface area contributed by atoms with E-state index in [0.717, 1.165) is 17.5 Å². The van der Waals surface area contributed by atoms with E-state index in [1.807, 2.05) is 31.2 Å². The Labute approximate surface area is 166 Å². The maximum absolute atomic E-state index is 13.1. The molecule has 0 radical (unpaired) electrons. The van der Waals surface area contributed by atoms with E-state index in [1.165, 1.54) is 0 Å². The number of nitrogens with one attached hydrogen (secondary N) is 1. The Hall–Kier alpha value is -1.90. The van der Waals surface area contributed by atoms with Gasteiger partial charge in [-0.25, -0.2) is 16.8 Å². The highest BCUT2D eigenvalue weighted by atomic mass is 32.2. The van der Waals surface area contributed by atoms with Crippen LogP contribution in [0.25, 0.3) is 0 Å². The van der Waals surface area contributed by atoms with Gasteiger partial charge in [0.15, 0.2) is 19.7 Å². The molecule has 3 rings (SSSR count). The minimum atomic E-state index is -3.78. The third-order valence-corrected chi connectivity index (χ3v) is 9.27. The fourth-order valence-electron chi connectivity index (χ4n) is 3.49. The molecule has 0 spiro atoms. The summed E-state index contributed by atoms with van der Waals surface area (Å²) in [4.78, 5) is 0.163. The van der Waals surface area contributed by atoms with Crippen LogP contribution in [0.2, 0.25) is 0 Å². The van der Waals surface area contributed by atoms with Crippen molar-refractivity contribution in [1.29, 1.82) is 0 Å². The number of ether oxygens (including phenoxy) is 1. The first-order valence-corrected chi connectivity index (χ1v) is 12.5. The fourth-order valence-corrected chi connectivity index (χ4v) is 8.21. The molecule has 1 N–H and O–H groups in total. The van der Waals surface area contributed by atoms with E-state index >= 15 is 0 Å². The molecular weight excluding hydrogens is 398 g/mol. The van der Waals surface area contributed by atoms with E-state index < -0.39 is 31.0 Å². The molecule has 0 bridgehead atoms. The molecule has 1 fully saturated rings. The Morgan fingerprint density at radius 1 is 1.07 bits per heavy atom. The van der Waals surface area contributed by atoms with E-state index in [4.69, 9.17) is 4.74 Å². The molecule has 6 nitrogen and oxygen atoms in total. The molecule has 0 aromatic heterocycles. The smallest absolute Gasteiger partial charge is 0.183 e. The Kier molecular flexibility index (Phi) is 6.12. The summed E-state index contributed by atoms with van der Waals surface area (Å²) in [7, 11) is -5.66. The first-order chi connectivity index (χ1) is 13.3. The summed E-state index contributed by atoms with van der Waals surface area (Å²) >= 11 is 0. The lowest BCUT2D eigenvalue weighted by atomic mass is 10.1. The molecule has 28 heavy (non-hydrogen) atoms. The van der Waals surface area contributed by atoms with Crippen molar-refractivity contribution in [1.82, 2.24) is 5.32 Å². The predicted molar refractivity (Wildman–Crippen MR) is 109 cm³/mol. The van der Waals surface area contributed by atoms with Crippen LogP contribution in [0.4, 0.5) is 0 Å². The van der Waals surface area contributed by atoms with E-state index in [2.05, 4.69) is 5.32 Å². The molecule has 152 valence electrons.